The van der Waals surface area contributed by atoms with Gasteiger partial charge in [0.25, 0.3) is 0 Å². The molecule has 0 N–H and O–H groups in total. The standard InChI is InChI=1S/C58H40N2/c1-4-16-41(17-5-1)42-32-36-49(37-33-42)59(47-22-6-2-7-23-47)50-38-34-43(35-39-50)51-27-13-18-44-19-14-28-52(57(44)51)45-20-12-21-46(40-45)53-29-15-31-56-58(53)54-26-10-11-30-55(54)60(56)48-24-8-3-9-25-48/h1-40H. The van der Waals surface area contributed by atoms with Crippen molar-refractivity contribution in [3.8, 4) is 50.2 Å². The molecule has 11 aromatic rings. The second-order valence-electron chi connectivity index (χ2n) is 15.3. The lowest BCUT2D eigenvalue weighted by Gasteiger charge is -2.26. The van der Waals surface area contributed by atoms with Crippen LogP contribution in [0.25, 0.3) is 82.8 Å². The summed E-state index contributed by atoms with van der Waals surface area (Å²) in [5.74, 6) is 0. The van der Waals surface area contributed by atoms with E-state index in [1.165, 1.54) is 77.1 Å². The SMILES string of the molecule is c1ccc(-c2ccc(N(c3ccccc3)c3ccc(-c4cccc5cccc(-c6cccc(-c7cccc8c7c7ccccc7n8-c7ccccc7)c6)c45)cc3)cc2)cc1. The van der Waals surface area contributed by atoms with E-state index in [1.54, 1.807) is 0 Å². The molecule has 282 valence electrons. The zero-order chi connectivity index (χ0) is 39.8. The van der Waals surface area contributed by atoms with Crippen molar-refractivity contribution in [2.24, 2.45) is 0 Å². The van der Waals surface area contributed by atoms with Crippen molar-refractivity contribution in [3.05, 3.63) is 243 Å². The third kappa shape index (κ3) is 6.23. The van der Waals surface area contributed by atoms with Crippen molar-refractivity contribution in [2.75, 3.05) is 4.90 Å². The molecule has 1 aromatic heterocycles. The zero-order valence-corrected chi connectivity index (χ0v) is 33.0. The second-order valence-corrected chi connectivity index (χ2v) is 15.3. The summed E-state index contributed by atoms with van der Waals surface area (Å²) >= 11 is 0. The first kappa shape index (κ1) is 35.2. The van der Waals surface area contributed by atoms with E-state index in [0.717, 1.165) is 22.7 Å². The molecule has 0 aliphatic rings. The van der Waals surface area contributed by atoms with Crippen molar-refractivity contribution in [1.82, 2.24) is 4.57 Å². The molecule has 0 bridgehead atoms. The van der Waals surface area contributed by atoms with Crippen molar-refractivity contribution in [1.29, 1.82) is 0 Å². The smallest absolute Gasteiger partial charge is 0.0547 e. The summed E-state index contributed by atoms with van der Waals surface area (Å²) in [6.07, 6.45) is 0. The summed E-state index contributed by atoms with van der Waals surface area (Å²) in [5, 5.41) is 4.99. The van der Waals surface area contributed by atoms with Crippen molar-refractivity contribution in [3.63, 3.8) is 0 Å². The van der Waals surface area contributed by atoms with Gasteiger partial charge in [-0.25, -0.2) is 0 Å². The first-order valence-corrected chi connectivity index (χ1v) is 20.6. The minimum absolute atomic E-state index is 1.10. The molecule has 0 aliphatic heterocycles. The van der Waals surface area contributed by atoms with Gasteiger partial charge in [-0.1, -0.05) is 176 Å². The molecule has 0 amide bonds. The fourth-order valence-electron chi connectivity index (χ4n) is 9.04. The van der Waals surface area contributed by atoms with Gasteiger partial charge in [-0.05, 0) is 122 Å². The Kier molecular flexibility index (Phi) is 8.87. The summed E-state index contributed by atoms with van der Waals surface area (Å²) in [6, 6.07) is 87.7. The van der Waals surface area contributed by atoms with Gasteiger partial charge in [-0.2, -0.15) is 0 Å². The number of hydrogen-bond acceptors (Lipinski definition) is 1. The van der Waals surface area contributed by atoms with Gasteiger partial charge < -0.3 is 9.47 Å². The Balaban J connectivity index is 0.996. The summed E-state index contributed by atoms with van der Waals surface area (Å²) in [4.78, 5) is 2.33. The normalized spacial score (nSPS) is 11.3. The molecule has 0 unspecified atom stereocenters. The highest BCUT2D eigenvalue weighted by molar-refractivity contribution is 6.16. The summed E-state index contributed by atoms with van der Waals surface area (Å²) in [5.41, 5.74) is 16.6. The molecule has 0 atom stereocenters. The fourth-order valence-corrected chi connectivity index (χ4v) is 9.04. The van der Waals surface area contributed by atoms with Crippen LogP contribution in [0.3, 0.4) is 0 Å². The Morgan fingerprint density at radius 3 is 1.40 bits per heavy atom. The highest BCUT2D eigenvalue weighted by Crippen LogP contribution is 2.43. The van der Waals surface area contributed by atoms with Gasteiger partial charge in [-0.15, -0.1) is 0 Å². The fraction of sp³-hybridized carbons (Fsp3) is 0. The van der Waals surface area contributed by atoms with E-state index in [4.69, 9.17) is 0 Å². The van der Waals surface area contributed by atoms with E-state index in [9.17, 15) is 0 Å². The molecule has 0 fully saturated rings. The number of anilines is 3. The molecule has 0 saturated carbocycles. The zero-order valence-electron chi connectivity index (χ0n) is 33.0. The van der Waals surface area contributed by atoms with E-state index in [2.05, 4.69) is 252 Å². The molecule has 60 heavy (non-hydrogen) atoms. The van der Waals surface area contributed by atoms with Crippen LogP contribution in [0.2, 0.25) is 0 Å². The van der Waals surface area contributed by atoms with Crippen LogP contribution in [-0.4, -0.2) is 4.57 Å². The number of rotatable bonds is 8. The van der Waals surface area contributed by atoms with Crippen LogP contribution in [0.5, 0.6) is 0 Å². The number of hydrogen-bond donors (Lipinski definition) is 0. The molecule has 2 heteroatoms. The largest absolute Gasteiger partial charge is 0.311 e. The molecule has 0 saturated heterocycles. The Morgan fingerprint density at radius 1 is 0.283 bits per heavy atom. The maximum atomic E-state index is 2.39. The quantitative estimate of drug-likeness (QED) is 0.150. The molecular weight excluding hydrogens is 725 g/mol. The molecule has 1 heterocycles. The van der Waals surface area contributed by atoms with Gasteiger partial charge >= 0.3 is 0 Å². The number of para-hydroxylation sites is 3. The second kappa shape index (κ2) is 15.1. The Bertz CT molecular complexity index is 3270. The number of benzene rings is 10. The molecule has 11 rings (SSSR count). The van der Waals surface area contributed by atoms with Crippen LogP contribution in [0.1, 0.15) is 0 Å². The van der Waals surface area contributed by atoms with Gasteiger partial charge in [0.1, 0.15) is 0 Å². The highest BCUT2D eigenvalue weighted by atomic mass is 15.1. The first-order valence-electron chi connectivity index (χ1n) is 20.6. The van der Waals surface area contributed by atoms with Crippen LogP contribution in [0.15, 0.2) is 243 Å². The maximum Gasteiger partial charge on any atom is 0.0547 e. The van der Waals surface area contributed by atoms with Crippen LogP contribution < -0.4 is 4.90 Å². The Hall–Kier alpha value is -7.94. The van der Waals surface area contributed by atoms with Crippen molar-refractivity contribution >= 4 is 49.6 Å². The van der Waals surface area contributed by atoms with Gasteiger partial charge in [0.2, 0.25) is 0 Å². The molecule has 10 aromatic carbocycles. The topological polar surface area (TPSA) is 8.17 Å². The minimum Gasteiger partial charge on any atom is -0.311 e. The molecule has 2 nitrogen and oxygen atoms in total. The average Bonchev–Trinajstić information content (AvgIpc) is 3.67. The predicted octanol–water partition coefficient (Wildman–Crippen LogP) is 16.1. The van der Waals surface area contributed by atoms with E-state index < -0.39 is 0 Å². The van der Waals surface area contributed by atoms with Gasteiger partial charge in [0.15, 0.2) is 0 Å². The van der Waals surface area contributed by atoms with Crippen LogP contribution in [-0.2, 0) is 0 Å². The van der Waals surface area contributed by atoms with E-state index in [-0.39, 0.29) is 0 Å². The number of fused-ring (bicyclic) bond motifs is 4. The monoisotopic (exact) mass is 764 g/mol. The number of nitrogens with zero attached hydrogens (tertiary/aromatic N) is 2. The van der Waals surface area contributed by atoms with E-state index in [1.807, 2.05) is 0 Å². The number of aromatic nitrogens is 1. The van der Waals surface area contributed by atoms with Crippen LogP contribution in [0.4, 0.5) is 17.1 Å². The molecular formula is C58H40N2. The van der Waals surface area contributed by atoms with Crippen LogP contribution >= 0.6 is 0 Å². The Labute approximate surface area is 350 Å². The summed E-state index contributed by atoms with van der Waals surface area (Å²) < 4.78 is 2.39. The molecule has 0 aliphatic carbocycles. The summed E-state index contributed by atoms with van der Waals surface area (Å²) in [6.45, 7) is 0. The van der Waals surface area contributed by atoms with E-state index >= 15 is 0 Å². The highest BCUT2D eigenvalue weighted by Gasteiger charge is 2.18. The minimum atomic E-state index is 1.10. The third-order valence-electron chi connectivity index (χ3n) is 11.8. The predicted molar refractivity (Wildman–Crippen MR) is 255 cm³/mol. The lowest BCUT2D eigenvalue weighted by Crippen LogP contribution is -2.09. The first-order chi connectivity index (χ1) is 29.8. The lowest BCUT2D eigenvalue weighted by atomic mass is 9.90. The maximum absolute atomic E-state index is 2.39. The summed E-state index contributed by atoms with van der Waals surface area (Å²) in [7, 11) is 0. The average molecular weight is 765 g/mol. The molecule has 0 spiro atoms. The van der Waals surface area contributed by atoms with Gasteiger partial charge in [-0.3, -0.25) is 0 Å². The van der Waals surface area contributed by atoms with E-state index in [0.29, 0.717) is 0 Å². The van der Waals surface area contributed by atoms with Gasteiger partial charge in [0, 0.05) is 33.5 Å². The third-order valence-corrected chi connectivity index (χ3v) is 11.8. The molecule has 0 radical (unpaired) electrons. The van der Waals surface area contributed by atoms with Crippen LogP contribution in [0, 0.1) is 0 Å². The van der Waals surface area contributed by atoms with Gasteiger partial charge in [0.05, 0.1) is 11.0 Å². The van der Waals surface area contributed by atoms with Crippen molar-refractivity contribution < 1.29 is 0 Å². The lowest BCUT2D eigenvalue weighted by molar-refractivity contribution is 1.18. The van der Waals surface area contributed by atoms with Crippen molar-refractivity contribution in [2.45, 2.75) is 0 Å². The Morgan fingerprint density at radius 2 is 0.733 bits per heavy atom.